The molecule has 1 aromatic rings. The van der Waals surface area contributed by atoms with Gasteiger partial charge in [0.1, 0.15) is 0 Å². The van der Waals surface area contributed by atoms with Crippen LogP contribution in [0.15, 0.2) is 18.2 Å². The van der Waals surface area contributed by atoms with E-state index in [1.807, 2.05) is 13.8 Å². The molecule has 0 N–H and O–H groups in total. The molecule has 0 atom stereocenters. The van der Waals surface area contributed by atoms with Crippen molar-refractivity contribution in [2.24, 2.45) is 0 Å². The molecule has 3 nitrogen and oxygen atoms in total. The number of hydrogen-bond donors (Lipinski definition) is 0. The Morgan fingerprint density at radius 3 is 2.57 bits per heavy atom. The first-order valence-electron chi connectivity index (χ1n) is 4.48. The molecule has 0 saturated carbocycles. The summed E-state index contributed by atoms with van der Waals surface area (Å²) in [5, 5.41) is 0. The Morgan fingerprint density at radius 2 is 2.07 bits per heavy atom. The minimum absolute atomic E-state index is 0.0185. The minimum atomic E-state index is 0.0185. The quantitative estimate of drug-likeness (QED) is 0.690. The van der Waals surface area contributed by atoms with E-state index in [2.05, 4.69) is 0 Å². The third-order valence-corrected chi connectivity index (χ3v) is 1.71. The molecule has 76 valence electrons. The monoisotopic (exact) mass is 194 g/mol. The Balaban J connectivity index is 3.12. The van der Waals surface area contributed by atoms with Gasteiger partial charge in [-0.1, -0.05) is 6.07 Å². The summed E-state index contributed by atoms with van der Waals surface area (Å²) < 4.78 is 10.6. The molecule has 0 fully saturated rings. The van der Waals surface area contributed by atoms with Crippen LogP contribution in [-0.4, -0.2) is 19.5 Å². The molecule has 1 aromatic carbocycles. The van der Waals surface area contributed by atoms with Gasteiger partial charge in [0, 0.05) is 0 Å². The Bertz CT molecular complexity index is 318. The summed E-state index contributed by atoms with van der Waals surface area (Å²) in [6.45, 7) is 3.81. The van der Waals surface area contributed by atoms with Crippen molar-refractivity contribution in [2.75, 3.05) is 7.11 Å². The lowest BCUT2D eigenvalue weighted by Crippen LogP contribution is -2.08. The topological polar surface area (TPSA) is 35.5 Å². The number of aldehydes is 1. The summed E-state index contributed by atoms with van der Waals surface area (Å²) in [4.78, 5) is 10.7. The molecule has 14 heavy (non-hydrogen) atoms. The van der Waals surface area contributed by atoms with Gasteiger partial charge in [-0.15, -0.1) is 0 Å². The first-order chi connectivity index (χ1) is 6.69. The van der Waals surface area contributed by atoms with Crippen molar-refractivity contribution in [3.8, 4) is 11.5 Å². The molecule has 0 aromatic heterocycles. The van der Waals surface area contributed by atoms with Crippen LogP contribution in [0.5, 0.6) is 11.5 Å². The molecule has 3 heteroatoms. The largest absolute Gasteiger partial charge is 0.493 e. The van der Waals surface area contributed by atoms with Crippen LogP contribution in [0.1, 0.15) is 24.2 Å². The van der Waals surface area contributed by atoms with Gasteiger partial charge >= 0.3 is 0 Å². The summed E-state index contributed by atoms with van der Waals surface area (Å²) in [5.74, 6) is 1.10. The summed E-state index contributed by atoms with van der Waals surface area (Å²) in [6, 6.07) is 5.23. The van der Waals surface area contributed by atoms with Gasteiger partial charge < -0.3 is 9.47 Å². The lowest BCUT2D eigenvalue weighted by atomic mass is 10.2. The number of benzene rings is 1. The molecular formula is C11H14O3. The minimum Gasteiger partial charge on any atom is -0.493 e. The fourth-order valence-electron chi connectivity index (χ4n) is 1.15. The number of methoxy groups -OCH3 is 1. The summed E-state index contributed by atoms with van der Waals surface area (Å²) in [5.41, 5.74) is 0.512. The van der Waals surface area contributed by atoms with Crippen LogP contribution in [0.4, 0.5) is 0 Å². The third-order valence-electron chi connectivity index (χ3n) is 1.71. The Labute approximate surface area is 83.6 Å². The number of para-hydroxylation sites is 1. The van der Waals surface area contributed by atoms with Gasteiger partial charge in [-0.2, -0.15) is 0 Å². The average Bonchev–Trinajstić information content (AvgIpc) is 2.17. The van der Waals surface area contributed by atoms with E-state index in [1.165, 1.54) is 0 Å². The molecule has 0 amide bonds. The van der Waals surface area contributed by atoms with Crippen molar-refractivity contribution in [3.63, 3.8) is 0 Å². The lowest BCUT2D eigenvalue weighted by molar-refractivity contribution is 0.111. The van der Waals surface area contributed by atoms with Crippen molar-refractivity contribution in [3.05, 3.63) is 23.8 Å². The number of hydrogen-bond acceptors (Lipinski definition) is 3. The van der Waals surface area contributed by atoms with E-state index in [0.29, 0.717) is 17.1 Å². The smallest absolute Gasteiger partial charge is 0.172 e. The van der Waals surface area contributed by atoms with Crippen LogP contribution in [0, 0.1) is 0 Å². The molecular weight excluding hydrogens is 180 g/mol. The standard InChI is InChI=1S/C11H14O3/c1-8(2)14-11-9(7-12)5-4-6-10(11)13-3/h4-8H,1-3H3. The highest BCUT2D eigenvalue weighted by Crippen LogP contribution is 2.30. The third kappa shape index (κ3) is 2.25. The molecule has 0 unspecified atom stereocenters. The van der Waals surface area contributed by atoms with Crippen LogP contribution < -0.4 is 9.47 Å². The predicted molar refractivity (Wildman–Crippen MR) is 54.1 cm³/mol. The van der Waals surface area contributed by atoms with E-state index in [0.717, 1.165) is 6.29 Å². The molecule has 0 spiro atoms. The molecule has 1 rings (SSSR count). The van der Waals surface area contributed by atoms with Gasteiger partial charge in [-0.25, -0.2) is 0 Å². The van der Waals surface area contributed by atoms with Gasteiger partial charge in [-0.05, 0) is 26.0 Å². The number of carbonyl (C=O) groups is 1. The van der Waals surface area contributed by atoms with E-state index in [1.54, 1.807) is 25.3 Å². The van der Waals surface area contributed by atoms with E-state index >= 15 is 0 Å². The normalized spacial score (nSPS) is 10.0. The van der Waals surface area contributed by atoms with Crippen molar-refractivity contribution in [1.29, 1.82) is 0 Å². The molecule has 0 aliphatic carbocycles. The average molecular weight is 194 g/mol. The number of carbonyl (C=O) groups excluding carboxylic acids is 1. The summed E-state index contributed by atoms with van der Waals surface area (Å²) >= 11 is 0. The predicted octanol–water partition coefficient (Wildman–Crippen LogP) is 2.29. The van der Waals surface area contributed by atoms with Crippen molar-refractivity contribution < 1.29 is 14.3 Å². The van der Waals surface area contributed by atoms with Crippen molar-refractivity contribution in [2.45, 2.75) is 20.0 Å². The second-order valence-electron chi connectivity index (χ2n) is 3.16. The van der Waals surface area contributed by atoms with Crippen LogP contribution in [0.25, 0.3) is 0 Å². The zero-order chi connectivity index (χ0) is 10.6. The lowest BCUT2D eigenvalue weighted by Gasteiger charge is -2.14. The van der Waals surface area contributed by atoms with E-state index in [-0.39, 0.29) is 6.10 Å². The van der Waals surface area contributed by atoms with Gasteiger partial charge in [-0.3, -0.25) is 4.79 Å². The second-order valence-corrected chi connectivity index (χ2v) is 3.16. The maximum Gasteiger partial charge on any atom is 0.172 e. The zero-order valence-corrected chi connectivity index (χ0v) is 8.61. The summed E-state index contributed by atoms with van der Waals surface area (Å²) in [6.07, 6.45) is 0.783. The molecule has 0 saturated heterocycles. The van der Waals surface area contributed by atoms with Crippen LogP contribution in [-0.2, 0) is 0 Å². The second kappa shape index (κ2) is 4.65. The maximum atomic E-state index is 10.7. The maximum absolute atomic E-state index is 10.7. The van der Waals surface area contributed by atoms with E-state index in [4.69, 9.17) is 9.47 Å². The molecule has 0 radical (unpaired) electrons. The van der Waals surface area contributed by atoms with Crippen LogP contribution in [0.3, 0.4) is 0 Å². The van der Waals surface area contributed by atoms with Gasteiger partial charge in [0.05, 0.1) is 18.8 Å². The first kappa shape index (κ1) is 10.6. The van der Waals surface area contributed by atoms with Crippen molar-refractivity contribution in [1.82, 2.24) is 0 Å². The first-order valence-corrected chi connectivity index (χ1v) is 4.48. The highest BCUT2D eigenvalue weighted by atomic mass is 16.5. The molecule has 0 bridgehead atoms. The van der Waals surface area contributed by atoms with Crippen LogP contribution in [0.2, 0.25) is 0 Å². The number of rotatable bonds is 4. The fraction of sp³-hybridized carbons (Fsp3) is 0.364. The van der Waals surface area contributed by atoms with Gasteiger partial charge in [0.15, 0.2) is 17.8 Å². The number of ether oxygens (including phenoxy) is 2. The van der Waals surface area contributed by atoms with E-state index < -0.39 is 0 Å². The Kier molecular flexibility index (Phi) is 3.51. The highest BCUT2D eigenvalue weighted by Gasteiger charge is 2.10. The molecule has 0 heterocycles. The highest BCUT2D eigenvalue weighted by molar-refractivity contribution is 5.81. The van der Waals surface area contributed by atoms with Crippen molar-refractivity contribution >= 4 is 6.29 Å². The zero-order valence-electron chi connectivity index (χ0n) is 8.61. The summed E-state index contributed by atoms with van der Waals surface area (Å²) in [7, 11) is 1.55. The van der Waals surface area contributed by atoms with Gasteiger partial charge in [0.2, 0.25) is 0 Å². The van der Waals surface area contributed by atoms with Crippen LogP contribution >= 0.6 is 0 Å². The fourth-order valence-corrected chi connectivity index (χ4v) is 1.15. The molecule has 0 aliphatic rings. The van der Waals surface area contributed by atoms with E-state index in [9.17, 15) is 4.79 Å². The Hall–Kier alpha value is -1.51. The SMILES string of the molecule is COc1cccc(C=O)c1OC(C)C. The van der Waals surface area contributed by atoms with Gasteiger partial charge in [0.25, 0.3) is 0 Å². The molecule has 0 aliphatic heterocycles. The Morgan fingerprint density at radius 1 is 1.36 bits per heavy atom.